The van der Waals surface area contributed by atoms with Gasteiger partial charge >= 0.3 is 5.97 Å². The lowest BCUT2D eigenvalue weighted by molar-refractivity contribution is 0.0696. The number of carbonyl (C=O) groups excluding carboxylic acids is 1. The van der Waals surface area contributed by atoms with Crippen LogP contribution in [0.4, 0.5) is 11.5 Å². The predicted molar refractivity (Wildman–Crippen MR) is 105 cm³/mol. The van der Waals surface area contributed by atoms with Crippen molar-refractivity contribution in [2.75, 3.05) is 42.9 Å². The van der Waals surface area contributed by atoms with Gasteiger partial charge in [0.1, 0.15) is 11.4 Å². The van der Waals surface area contributed by atoms with E-state index in [9.17, 15) is 14.7 Å². The third-order valence-corrected chi connectivity index (χ3v) is 4.86. The average molecular weight is 368 g/mol. The van der Waals surface area contributed by atoms with Gasteiger partial charge in [-0.1, -0.05) is 25.1 Å². The number of piperazine rings is 1. The molecule has 7 heteroatoms. The van der Waals surface area contributed by atoms with Gasteiger partial charge in [-0.05, 0) is 31.2 Å². The van der Waals surface area contributed by atoms with E-state index in [0.717, 1.165) is 38.3 Å². The van der Waals surface area contributed by atoms with Gasteiger partial charge in [-0.15, -0.1) is 0 Å². The highest BCUT2D eigenvalue weighted by molar-refractivity contribution is 6.06. The number of amides is 1. The molecular weight excluding hydrogens is 344 g/mol. The van der Waals surface area contributed by atoms with Crippen molar-refractivity contribution in [3.8, 4) is 0 Å². The number of anilines is 2. The van der Waals surface area contributed by atoms with Crippen LogP contribution in [0.1, 0.15) is 33.2 Å². The minimum absolute atomic E-state index is 0.0996. The SMILES string of the molecule is CCN1CCN(c2ncc(NC(=O)c3ccccc3C)cc2C(=O)O)CC1. The van der Waals surface area contributed by atoms with Gasteiger partial charge in [0.15, 0.2) is 0 Å². The second-order valence-corrected chi connectivity index (χ2v) is 6.59. The Hall–Kier alpha value is -2.93. The minimum atomic E-state index is -1.05. The van der Waals surface area contributed by atoms with Crippen LogP contribution in [-0.4, -0.2) is 59.6 Å². The van der Waals surface area contributed by atoms with E-state index in [-0.39, 0.29) is 11.5 Å². The number of nitrogens with one attached hydrogen (secondary N) is 1. The number of benzene rings is 1. The number of carboxylic acids is 1. The highest BCUT2D eigenvalue weighted by atomic mass is 16.4. The lowest BCUT2D eigenvalue weighted by atomic mass is 10.1. The quantitative estimate of drug-likeness (QED) is 0.843. The molecule has 1 aliphatic heterocycles. The molecule has 0 bridgehead atoms. The molecule has 2 aromatic rings. The summed E-state index contributed by atoms with van der Waals surface area (Å²) in [4.78, 5) is 32.9. The van der Waals surface area contributed by atoms with Crippen molar-refractivity contribution >= 4 is 23.4 Å². The van der Waals surface area contributed by atoms with Gasteiger partial charge in [0.05, 0.1) is 11.9 Å². The van der Waals surface area contributed by atoms with E-state index >= 15 is 0 Å². The molecule has 1 aromatic heterocycles. The first-order chi connectivity index (χ1) is 13.0. The van der Waals surface area contributed by atoms with Crippen LogP contribution in [0.25, 0.3) is 0 Å². The predicted octanol–water partition coefficient (Wildman–Crippen LogP) is 2.48. The standard InChI is InChI=1S/C20H24N4O3/c1-3-23-8-10-24(11-9-23)18-17(20(26)27)12-15(13-21-18)22-19(25)16-7-5-4-6-14(16)2/h4-7,12-13H,3,8-11H2,1-2H3,(H,22,25)(H,26,27). The molecule has 0 spiro atoms. The first kappa shape index (κ1) is 18.8. The van der Waals surface area contributed by atoms with Crippen LogP contribution in [0.2, 0.25) is 0 Å². The van der Waals surface area contributed by atoms with Gasteiger partial charge in [0.2, 0.25) is 0 Å². The summed E-state index contributed by atoms with van der Waals surface area (Å²) < 4.78 is 0. The van der Waals surface area contributed by atoms with Crippen molar-refractivity contribution in [1.82, 2.24) is 9.88 Å². The van der Waals surface area contributed by atoms with Crippen LogP contribution >= 0.6 is 0 Å². The topological polar surface area (TPSA) is 85.8 Å². The van der Waals surface area contributed by atoms with Crippen LogP contribution in [0.5, 0.6) is 0 Å². The second-order valence-electron chi connectivity index (χ2n) is 6.59. The number of carbonyl (C=O) groups is 2. The number of aromatic carboxylic acids is 1. The molecule has 2 N–H and O–H groups in total. The van der Waals surface area contributed by atoms with E-state index in [1.807, 2.05) is 24.0 Å². The molecular formula is C20H24N4O3. The Morgan fingerprint density at radius 3 is 2.48 bits per heavy atom. The van der Waals surface area contributed by atoms with E-state index in [2.05, 4.69) is 22.1 Å². The molecule has 1 fully saturated rings. The number of nitrogens with zero attached hydrogens (tertiary/aromatic N) is 3. The number of aryl methyl sites for hydroxylation is 1. The zero-order valence-electron chi connectivity index (χ0n) is 15.6. The molecule has 7 nitrogen and oxygen atoms in total. The fourth-order valence-electron chi connectivity index (χ4n) is 3.24. The molecule has 0 atom stereocenters. The molecule has 0 radical (unpaired) electrons. The summed E-state index contributed by atoms with van der Waals surface area (Å²) in [7, 11) is 0. The van der Waals surface area contributed by atoms with Crippen molar-refractivity contribution in [2.45, 2.75) is 13.8 Å². The molecule has 0 unspecified atom stereocenters. The van der Waals surface area contributed by atoms with Gasteiger partial charge in [-0.2, -0.15) is 0 Å². The Bertz CT molecular complexity index is 845. The van der Waals surface area contributed by atoms with Crippen molar-refractivity contribution in [2.24, 2.45) is 0 Å². The Morgan fingerprint density at radius 1 is 1.15 bits per heavy atom. The molecule has 0 aliphatic carbocycles. The Morgan fingerprint density at radius 2 is 1.85 bits per heavy atom. The molecule has 0 saturated carbocycles. The molecule has 1 aliphatic rings. The van der Waals surface area contributed by atoms with Gasteiger partial charge in [-0.25, -0.2) is 9.78 Å². The lowest BCUT2D eigenvalue weighted by Gasteiger charge is -2.35. The molecule has 2 heterocycles. The van der Waals surface area contributed by atoms with Gasteiger partial charge in [0.25, 0.3) is 5.91 Å². The monoisotopic (exact) mass is 368 g/mol. The molecule has 1 amide bonds. The van der Waals surface area contributed by atoms with Gasteiger partial charge in [-0.3, -0.25) is 4.79 Å². The van der Waals surface area contributed by atoms with E-state index in [0.29, 0.717) is 17.1 Å². The fraction of sp³-hybridized carbons (Fsp3) is 0.350. The summed E-state index contributed by atoms with van der Waals surface area (Å²) >= 11 is 0. The summed E-state index contributed by atoms with van der Waals surface area (Å²) in [5, 5.41) is 12.4. The van der Waals surface area contributed by atoms with E-state index in [1.165, 1.54) is 12.3 Å². The van der Waals surface area contributed by atoms with Crippen LogP contribution < -0.4 is 10.2 Å². The van der Waals surface area contributed by atoms with Crippen molar-refractivity contribution < 1.29 is 14.7 Å². The van der Waals surface area contributed by atoms with E-state index in [1.54, 1.807) is 12.1 Å². The molecule has 1 aromatic carbocycles. The highest BCUT2D eigenvalue weighted by Gasteiger charge is 2.23. The minimum Gasteiger partial charge on any atom is -0.478 e. The number of rotatable bonds is 5. The summed E-state index contributed by atoms with van der Waals surface area (Å²) in [6.07, 6.45) is 1.52. The second kappa shape index (κ2) is 8.18. The zero-order chi connectivity index (χ0) is 19.4. The van der Waals surface area contributed by atoms with Crippen molar-refractivity contribution in [3.63, 3.8) is 0 Å². The Kier molecular flexibility index (Phi) is 5.71. The molecule has 1 saturated heterocycles. The first-order valence-electron chi connectivity index (χ1n) is 9.07. The summed E-state index contributed by atoms with van der Waals surface area (Å²) in [6, 6.07) is 8.73. The fourth-order valence-corrected chi connectivity index (χ4v) is 3.24. The maximum absolute atomic E-state index is 12.5. The summed E-state index contributed by atoms with van der Waals surface area (Å²) in [6.45, 7) is 8.17. The number of likely N-dealkylation sites (N-methyl/N-ethyl adjacent to an activating group) is 1. The Labute approximate surface area is 158 Å². The van der Waals surface area contributed by atoms with Gasteiger partial charge < -0.3 is 20.2 Å². The number of carboxylic acid groups (broad SMARTS) is 1. The number of hydrogen-bond acceptors (Lipinski definition) is 5. The van der Waals surface area contributed by atoms with Crippen LogP contribution in [-0.2, 0) is 0 Å². The normalized spacial score (nSPS) is 14.8. The van der Waals surface area contributed by atoms with Crippen LogP contribution in [0.3, 0.4) is 0 Å². The van der Waals surface area contributed by atoms with Crippen molar-refractivity contribution in [1.29, 1.82) is 0 Å². The van der Waals surface area contributed by atoms with E-state index < -0.39 is 5.97 Å². The molecule has 142 valence electrons. The van der Waals surface area contributed by atoms with Gasteiger partial charge in [0, 0.05) is 31.7 Å². The maximum atomic E-state index is 12.5. The van der Waals surface area contributed by atoms with Crippen LogP contribution in [0, 0.1) is 6.92 Å². The van der Waals surface area contributed by atoms with Crippen molar-refractivity contribution in [3.05, 3.63) is 53.2 Å². The number of pyridine rings is 1. The number of hydrogen-bond donors (Lipinski definition) is 2. The molecule has 3 rings (SSSR count). The lowest BCUT2D eigenvalue weighted by Crippen LogP contribution is -2.46. The largest absolute Gasteiger partial charge is 0.478 e. The average Bonchev–Trinajstić information content (AvgIpc) is 2.68. The third kappa shape index (κ3) is 4.25. The summed E-state index contributed by atoms with van der Waals surface area (Å²) in [5.74, 6) is -0.884. The number of aromatic nitrogens is 1. The maximum Gasteiger partial charge on any atom is 0.339 e. The zero-order valence-corrected chi connectivity index (χ0v) is 15.6. The van der Waals surface area contributed by atoms with Crippen LogP contribution in [0.15, 0.2) is 36.5 Å². The molecule has 27 heavy (non-hydrogen) atoms. The third-order valence-electron chi connectivity index (χ3n) is 4.86. The highest BCUT2D eigenvalue weighted by Crippen LogP contribution is 2.23. The summed E-state index contributed by atoms with van der Waals surface area (Å²) in [5.41, 5.74) is 1.88. The smallest absolute Gasteiger partial charge is 0.339 e. The Balaban J connectivity index is 1.81. The van der Waals surface area contributed by atoms with E-state index in [4.69, 9.17) is 0 Å². The first-order valence-corrected chi connectivity index (χ1v) is 9.07.